The Balaban J connectivity index is 1.80. The van der Waals surface area contributed by atoms with Crippen molar-refractivity contribution in [3.63, 3.8) is 0 Å². The molecule has 0 aliphatic heterocycles. The lowest BCUT2D eigenvalue weighted by atomic mass is 9.59. The number of ether oxygens (including phenoxy) is 4. The maximum absolute atomic E-state index is 13.6. The molecule has 0 heterocycles. The lowest BCUT2D eigenvalue weighted by Crippen LogP contribution is -2.66. The minimum atomic E-state index is -2.06. The molecule has 47 heavy (non-hydrogen) atoms. The van der Waals surface area contributed by atoms with E-state index in [1.807, 2.05) is 27.7 Å². The third kappa shape index (κ3) is 6.23. The number of carbonyl (C=O) groups is 5. The van der Waals surface area contributed by atoms with Gasteiger partial charge in [-0.1, -0.05) is 46.8 Å². The van der Waals surface area contributed by atoms with Gasteiger partial charge in [0.25, 0.3) is 0 Å². The topological polar surface area (TPSA) is 175 Å². The van der Waals surface area contributed by atoms with Crippen LogP contribution in [0.4, 0.5) is 4.79 Å². The molecule has 12 heteroatoms. The van der Waals surface area contributed by atoms with Gasteiger partial charge in [-0.2, -0.15) is 0 Å². The van der Waals surface area contributed by atoms with Crippen LogP contribution in [-0.4, -0.2) is 81.7 Å². The summed E-state index contributed by atoms with van der Waals surface area (Å²) in [6.45, 7) is 14.9. The summed E-state index contributed by atoms with van der Waals surface area (Å²) in [6.07, 6.45) is 2.51. The molecule has 4 rings (SSSR count). The van der Waals surface area contributed by atoms with Crippen molar-refractivity contribution >= 4 is 29.8 Å². The summed E-state index contributed by atoms with van der Waals surface area (Å²) in [7, 11) is 0. The minimum Gasteiger partial charge on any atom is -0.461 e. The van der Waals surface area contributed by atoms with Crippen molar-refractivity contribution in [1.29, 1.82) is 0 Å². The molecule has 0 aromatic heterocycles. The molecule has 8 atom stereocenters. The molecule has 4 aliphatic carbocycles. The summed E-state index contributed by atoms with van der Waals surface area (Å²) >= 11 is 0. The predicted molar refractivity (Wildman–Crippen MR) is 168 cm³/mol. The number of hydrogen-bond donors (Lipinski definition) is 3. The summed E-state index contributed by atoms with van der Waals surface area (Å²) < 4.78 is 23.1. The summed E-state index contributed by atoms with van der Waals surface area (Å²) in [5, 5.41) is 27.5. The fourth-order valence-corrected chi connectivity index (χ4v) is 8.35. The second-order valence-corrected chi connectivity index (χ2v) is 15.2. The molecule has 262 valence electrons. The number of rotatable bonds is 10. The Morgan fingerprint density at radius 1 is 1.00 bits per heavy atom. The third-order valence-corrected chi connectivity index (χ3v) is 10.4. The average Bonchev–Trinajstić information content (AvgIpc) is 3.38. The summed E-state index contributed by atoms with van der Waals surface area (Å²) in [5.74, 6) is -5.86. The van der Waals surface area contributed by atoms with Gasteiger partial charge in [-0.05, 0) is 51.7 Å². The fourth-order valence-electron chi connectivity index (χ4n) is 8.35. The predicted octanol–water partition coefficient (Wildman–Crippen LogP) is 3.71. The second kappa shape index (κ2) is 12.7. The van der Waals surface area contributed by atoms with E-state index in [0.29, 0.717) is 18.4 Å². The smallest absolute Gasteiger partial charge is 0.408 e. The van der Waals surface area contributed by atoms with Crippen LogP contribution in [-0.2, 0) is 38.1 Å². The van der Waals surface area contributed by atoms with E-state index < -0.39 is 93.9 Å². The van der Waals surface area contributed by atoms with Crippen LogP contribution in [0.3, 0.4) is 0 Å². The van der Waals surface area contributed by atoms with Crippen LogP contribution in [0.15, 0.2) is 23.3 Å². The molecule has 4 aliphatic rings. The van der Waals surface area contributed by atoms with E-state index in [-0.39, 0.29) is 31.4 Å². The Labute approximate surface area is 276 Å². The number of nitrogens with one attached hydrogen (secondary N) is 1. The molecular formula is C35H51NO11. The summed E-state index contributed by atoms with van der Waals surface area (Å²) in [5.41, 5.74) is -6.24. The summed E-state index contributed by atoms with van der Waals surface area (Å²) in [6, 6.07) is 0. The zero-order chi connectivity index (χ0) is 35.3. The molecule has 0 saturated heterocycles. The van der Waals surface area contributed by atoms with Gasteiger partial charge in [0.05, 0.1) is 5.60 Å². The quantitative estimate of drug-likeness (QED) is 0.177. The van der Waals surface area contributed by atoms with Gasteiger partial charge in [-0.25, -0.2) is 4.79 Å². The lowest BCUT2D eigenvalue weighted by Gasteiger charge is -2.53. The molecule has 0 aromatic carbocycles. The SMILES string of the molecule is CCCC(=O)OCC1=C[C@H]2[C@@H]3C(C)(C)[C@]3(OC(=O)CCC)[C@H](OC(=O)CNC(=O)OC(C)(C)C)[C@@H](C)[C@]2(O)[C@@H]2C=C(C)C(=O)[C@@]2(O)C1. The Kier molecular flexibility index (Phi) is 9.85. The zero-order valence-electron chi connectivity index (χ0n) is 29.1. The van der Waals surface area contributed by atoms with Crippen LogP contribution in [0.2, 0.25) is 0 Å². The number of alkyl carbamates (subject to hydrolysis) is 1. The van der Waals surface area contributed by atoms with Crippen LogP contribution in [0.5, 0.6) is 0 Å². The van der Waals surface area contributed by atoms with Gasteiger partial charge < -0.3 is 34.5 Å². The number of fused-ring (bicyclic) bond motifs is 5. The molecule has 3 N–H and O–H groups in total. The normalized spacial score (nSPS) is 35.1. The molecule has 12 nitrogen and oxygen atoms in total. The van der Waals surface area contributed by atoms with Gasteiger partial charge in [-0.15, -0.1) is 0 Å². The highest BCUT2D eigenvalue weighted by Gasteiger charge is 2.88. The monoisotopic (exact) mass is 661 g/mol. The number of esters is 3. The average molecular weight is 662 g/mol. The van der Waals surface area contributed by atoms with Gasteiger partial charge in [-0.3, -0.25) is 19.2 Å². The van der Waals surface area contributed by atoms with Gasteiger partial charge in [0.15, 0.2) is 11.4 Å². The first-order valence-electron chi connectivity index (χ1n) is 16.6. The maximum Gasteiger partial charge on any atom is 0.408 e. The third-order valence-electron chi connectivity index (χ3n) is 10.4. The number of amides is 1. The van der Waals surface area contributed by atoms with Gasteiger partial charge in [0.2, 0.25) is 0 Å². The van der Waals surface area contributed by atoms with Crippen molar-refractivity contribution in [1.82, 2.24) is 5.32 Å². The molecular weight excluding hydrogens is 610 g/mol. The van der Waals surface area contributed by atoms with Gasteiger partial charge >= 0.3 is 24.0 Å². The first kappa shape index (κ1) is 36.6. The van der Waals surface area contributed by atoms with Gasteiger partial charge in [0, 0.05) is 48.3 Å². The van der Waals surface area contributed by atoms with E-state index >= 15 is 0 Å². The van der Waals surface area contributed by atoms with Crippen molar-refractivity contribution < 1.29 is 53.1 Å². The Bertz CT molecular complexity index is 1380. The van der Waals surface area contributed by atoms with E-state index in [1.54, 1.807) is 46.8 Å². The minimum absolute atomic E-state index is 0.113. The van der Waals surface area contributed by atoms with Crippen LogP contribution in [0.1, 0.15) is 94.4 Å². The zero-order valence-corrected chi connectivity index (χ0v) is 29.1. The van der Waals surface area contributed by atoms with Crippen molar-refractivity contribution in [2.24, 2.45) is 29.1 Å². The van der Waals surface area contributed by atoms with Gasteiger partial charge in [0.1, 0.15) is 30.5 Å². The number of ketones is 1. The molecule has 0 radical (unpaired) electrons. The number of carbonyl (C=O) groups excluding carboxylic acids is 5. The molecule has 0 unspecified atom stereocenters. The van der Waals surface area contributed by atoms with Crippen molar-refractivity contribution in [2.45, 2.75) is 123 Å². The largest absolute Gasteiger partial charge is 0.461 e. The van der Waals surface area contributed by atoms with Crippen LogP contribution < -0.4 is 5.32 Å². The molecule has 2 saturated carbocycles. The Morgan fingerprint density at radius 2 is 1.62 bits per heavy atom. The standard InChI is InChI=1S/C35H51NO11/c1-10-12-24(37)44-18-21-15-22-27-32(8,9)35(27,46-25(38)13-11-2)29(45-26(39)17-36-30(41)47-31(5,6)7)20(4)34(22,43)23-14-19(3)28(40)33(23,42)16-21/h14-15,20,22-23,27,29,42-43H,10-13,16-18H2,1-9H3,(H,36,41)/t20-,22+,23-,27-,29-,33-,34-,35-/m1/s1. The molecule has 0 spiro atoms. The highest BCUT2D eigenvalue weighted by Crippen LogP contribution is 2.77. The van der Waals surface area contributed by atoms with E-state index in [9.17, 15) is 34.2 Å². The first-order valence-corrected chi connectivity index (χ1v) is 16.6. The van der Waals surface area contributed by atoms with E-state index in [4.69, 9.17) is 18.9 Å². The lowest BCUT2D eigenvalue weighted by molar-refractivity contribution is -0.228. The molecule has 0 bridgehead atoms. The van der Waals surface area contributed by atoms with Crippen LogP contribution in [0.25, 0.3) is 0 Å². The highest BCUT2D eigenvalue weighted by molar-refractivity contribution is 6.04. The molecule has 2 fully saturated rings. The molecule has 0 aromatic rings. The first-order chi connectivity index (χ1) is 21.7. The Morgan fingerprint density at radius 3 is 2.21 bits per heavy atom. The van der Waals surface area contributed by atoms with Crippen LogP contribution in [0, 0.1) is 29.1 Å². The number of hydrogen-bond acceptors (Lipinski definition) is 11. The van der Waals surface area contributed by atoms with Crippen molar-refractivity contribution in [3.8, 4) is 0 Å². The summed E-state index contributed by atoms with van der Waals surface area (Å²) in [4.78, 5) is 64.7. The van der Waals surface area contributed by atoms with E-state index in [0.717, 1.165) is 0 Å². The number of aliphatic hydroxyl groups is 2. The van der Waals surface area contributed by atoms with E-state index in [2.05, 4.69) is 5.32 Å². The maximum atomic E-state index is 13.6. The second-order valence-electron chi connectivity index (χ2n) is 15.2. The Hall–Kier alpha value is -3.25. The number of Topliss-reactive ketones (excluding diaryl/α,β-unsaturated/α-hetero) is 1. The molecule has 1 amide bonds. The van der Waals surface area contributed by atoms with Crippen LogP contribution >= 0.6 is 0 Å². The highest BCUT2D eigenvalue weighted by atomic mass is 16.6. The van der Waals surface area contributed by atoms with Crippen molar-refractivity contribution in [2.75, 3.05) is 13.2 Å². The van der Waals surface area contributed by atoms with E-state index in [1.165, 1.54) is 0 Å². The fraction of sp³-hybridized carbons (Fsp3) is 0.743. The van der Waals surface area contributed by atoms with Crippen molar-refractivity contribution in [3.05, 3.63) is 23.3 Å².